The molecule has 0 radical (unpaired) electrons. The van der Waals surface area contributed by atoms with Crippen LogP contribution in [0.4, 0.5) is 4.39 Å². The summed E-state index contributed by atoms with van der Waals surface area (Å²) in [7, 11) is 1.63. The number of benzene rings is 2. The predicted molar refractivity (Wildman–Crippen MR) is 93.2 cm³/mol. The monoisotopic (exact) mass is 394 g/mol. The van der Waals surface area contributed by atoms with Crippen LogP contribution in [0.1, 0.15) is 15.9 Å². The maximum absolute atomic E-state index is 13.9. The predicted octanol–water partition coefficient (Wildman–Crippen LogP) is 5.00. The Morgan fingerprint density at radius 3 is 2.87 bits per heavy atom. The van der Waals surface area contributed by atoms with Crippen LogP contribution < -0.4 is 0 Å². The molecule has 0 aliphatic carbocycles. The summed E-state index contributed by atoms with van der Waals surface area (Å²) in [5.41, 5.74) is 1.72. The van der Waals surface area contributed by atoms with Gasteiger partial charge < -0.3 is 9.88 Å². The van der Waals surface area contributed by atoms with Crippen LogP contribution in [-0.2, 0) is 6.54 Å². The first kappa shape index (κ1) is 16.0. The normalized spacial score (nSPS) is 11.0. The SMILES string of the molecule is CN(Cc1c(F)cccc1Cl)C(=O)c1c[nH]c2ccc(Br)cc12. The summed E-state index contributed by atoms with van der Waals surface area (Å²) in [6.07, 6.45) is 1.67. The number of aromatic nitrogens is 1. The first-order valence-electron chi connectivity index (χ1n) is 6.92. The number of rotatable bonds is 3. The molecule has 23 heavy (non-hydrogen) atoms. The van der Waals surface area contributed by atoms with Gasteiger partial charge >= 0.3 is 0 Å². The first-order chi connectivity index (χ1) is 11.0. The van der Waals surface area contributed by atoms with Crippen molar-refractivity contribution in [2.24, 2.45) is 0 Å². The molecule has 1 N–H and O–H groups in total. The van der Waals surface area contributed by atoms with E-state index in [0.29, 0.717) is 16.1 Å². The highest BCUT2D eigenvalue weighted by atomic mass is 79.9. The average Bonchev–Trinajstić information content (AvgIpc) is 2.93. The number of hydrogen-bond donors (Lipinski definition) is 1. The van der Waals surface area contributed by atoms with Crippen molar-refractivity contribution >= 4 is 44.3 Å². The number of halogens is 3. The molecule has 118 valence electrons. The van der Waals surface area contributed by atoms with Gasteiger partial charge in [0.05, 0.1) is 5.56 Å². The van der Waals surface area contributed by atoms with Crippen LogP contribution in [0.5, 0.6) is 0 Å². The average molecular weight is 396 g/mol. The number of aromatic amines is 1. The van der Waals surface area contributed by atoms with Gasteiger partial charge in [0.2, 0.25) is 0 Å². The Morgan fingerprint density at radius 1 is 1.35 bits per heavy atom. The molecule has 0 aliphatic rings. The third-order valence-corrected chi connectivity index (χ3v) is 4.53. The van der Waals surface area contributed by atoms with Crippen molar-refractivity contribution in [3.05, 3.63) is 69.0 Å². The van der Waals surface area contributed by atoms with Crippen molar-refractivity contribution in [1.82, 2.24) is 9.88 Å². The number of carbonyl (C=O) groups is 1. The van der Waals surface area contributed by atoms with E-state index in [1.807, 2.05) is 18.2 Å². The topological polar surface area (TPSA) is 36.1 Å². The van der Waals surface area contributed by atoms with E-state index in [9.17, 15) is 9.18 Å². The molecule has 3 rings (SSSR count). The zero-order chi connectivity index (χ0) is 16.6. The number of nitrogens with zero attached hydrogens (tertiary/aromatic N) is 1. The maximum atomic E-state index is 13.9. The lowest BCUT2D eigenvalue weighted by Crippen LogP contribution is -2.26. The zero-order valence-electron chi connectivity index (χ0n) is 12.2. The Hall–Kier alpha value is -1.85. The molecular formula is C17H13BrClFN2O. The van der Waals surface area contributed by atoms with Gasteiger partial charge in [-0.25, -0.2) is 4.39 Å². The summed E-state index contributed by atoms with van der Waals surface area (Å²) < 4.78 is 14.8. The van der Waals surface area contributed by atoms with E-state index < -0.39 is 5.82 Å². The number of fused-ring (bicyclic) bond motifs is 1. The minimum atomic E-state index is -0.418. The molecule has 0 aliphatic heterocycles. The molecule has 0 bridgehead atoms. The maximum Gasteiger partial charge on any atom is 0.256 e. The van der Waals surface area contributed by atoms with Crippen LogP contribution in [0.15, 0.2) is 47.1 Å². The Kier molecular flexibility index (Phi) is 4.41. The Labute approximate surface area is 146 Å². The van der Waals surface area contributed by atoms with Gasteiger partial charge in [-0.15, -0.1) is 0 Å². The standard InChI is InChI=1S/C17H13BrClFN2O/c1-22(9-13-14(19)3-2-4-15(13)20)17(23)12-8-21-16-6-5-10(18)7-11(12)16/h2-8,21H,9H2,1H3. The van der Waals surface area contributed by atoms with E-state index >= 15 is 0 Å². The van der Waals surface area contributed by atoms with E-state index in [-0.39, 0.29) is 12.5 Å². The van der Waals surface area contributed by atoms with Gasteiger partial charge in [-0.3, -0.25) is 4.79 Å². The fourth-order valence-electron chi connectivity index (χ4n) is 2.47. The molecule has 0 spiro atoms. The molecule has 1 aromatic heterocycles. The molecule has 0 fully saturated rings. The van der Waals surface area contributed by atoms with E-state index in [1.165, 1.54) is 11.0 Å². The second-order valence-electron chi connectivity index (χ2n) is 5.25. The number of hydrogen-bond acceptors (Lipinski definition) is 1. The third-order valence-electron chi connectivity index (χ3n) is 3.68. The molecule has 2 aromatic carbocycles. The summed E-state index contributed by atoms with van der Waals surface area (Å²) in [6, 6.07) is 10.2. The smallest absolute Gasteiger partial charge is 0.256 e. The lowest BCUT2D eigenvalue weighted by atomic mass is 10.1. The van der Waals surface area contributed by atoms with Crippen LogP contribution in [-0.4, -0.2) is 22.8 Å². The van der Waals surface area contributed by atoms with Gasteiger partial charge in [-0.05, 0) is 30.3 Å². The zero-order valence-corrected chi connectivity index (χ0v) is 14.6. The fourth-order valence-corrected chi connectivity index (χ4v) is 3.05. The minimum absolute atomic E-state index is 0.102. The lowest BCUT2D eigenvalue weighted by molar-refractivity contribution is 0.0786. The lowest BCUT2D eigenvalue weighted by Gasteiger charge is -2.18. The number of carbonyl (C=O) groups excluding carboxylic acids is 1. The van der Waals surface area contributed by atoms with E-state index in [0.717, 1.165) is 15.4 Å². The van der Waals surface area contributed by atoms with Gasteiger partial charge in [-0.1, -0.05) is 33.6 Å². The summed E-state index contributed by atoms with van der Waals surface area (Å²) in [5, 5.41) is 1.13. The van der Waals surface area contributed by atoms with Gasteiger partial charge in [-0.2, -0.15) is 0 Å². The van der Waals surface area contributed by atoms with Crippen molar-refractivity contribution in [2.45, 2.75) is 6.54 Å². The van der Waals surface area contributed by atoms with Crippen LogP contribution in [0, 0.1) is 5.82 Å². The molecule has 1 amide bonds. The van der Waals surface area contributed by atoms with E-state index in [2.05, 4.69) is 20.9 Å². The van der Waals surface area contributed by atoms with Crippen molar-refractivity contribution in [2.75, 3.05) is 7.05 Å². The minimum Gasteiger partial charge on any atom is -0.360 e. The summed E-state index contributed by atoms with van der Waals surface area (Å²) in [6.45, 7) is 0.102. The molecule has 1 heterocycles. The van der Waals surface area contributed by atoms with Crippen LogP contribution in [0.3, 0.4) is 0 Å². The summed E-state index contributed by atoms with van der Waals surface area (Å²) in [4.78, 5) is 17.2. The Morgan fingerprint density at radius 2 is 2.13 bits per heavy atom. The molecule has 6 heteroatoms. The summed E-state index contributed by atoms with van der Waals surface area (Å²) in [5.74, 6) is -0.618. The second-order valence-corrected chi connectivity index (χ2v) is 6.58. The number of H-pyrrole nitrogens is 1. The number of amides is 1. The van der Waals surface area contributed by atoms with Gasteiger partial charge in [0.1, 0.15) is 5.82 Å². The summed E-state index contributed by atoms with van der Waals surface area (Å²) >= 11 is 9.43. The molecule has 3 aromatic rings. The Balaban J connectivity index is 1.91. The van der Waals surface area contributed by atoms with Crippen molar-refractivity contribution in [1.29, 1.82) is 0 Å². The van der Waals surface area contributed by atoms with Crippen molar-refractivity contribution < 1.29 is 9.18 Å². The van der Waals surface area contributed by atoms with Crippen LogP contribution in [0.2, 0.25) is 5.02 Å². The molecule has 0 saturated heterocycles. The highest BCUT2D eigenvalue weighted by molar-refractivity contribution is 9.10. The molecule has 0 atom stereocenters. The fraction of sp³-hybridized carbons (Fsp3) is 0.118. The largest absolute Gasteiger partial charge is 0.360 e. The van der Waals surface area contributed by atoms with Crippen molar-refractivity contribution in [3.63, 3.8) is 0 Å². The van der Waals surface area contributed by atoms with Gasteiger partial charge in [0.25, 0.3) is 5.91 Å². The Bertz CT molecular complexity index is 873. The van der Waals surface area contributed by atoms with E-state index in [4.69, 9.17) is 11.6 Å². The number of nitrogens with one attached hydrogen (secondary N) is 1. The van der Waals surface area contributed by atoms with Crippen molar-refractivity contribution in [3.8, 4) is 0 Å². The van der Waals surface area contributed by atoms with Crippen LogP contribution in [0.25, 0.3) is 10.9 Å². The van der Waals surface area contributed by atoms with E-state index in [1.54, 1.807) is 25.4 Å². The molecular weight excluding hydrogens is 383 g/mol. The second kappa shape index (κ2) is 6.34. The van der Waals surface area contributed by atoms with Gasteiger partial charge in [0, 0.05) is 45.8 Å². The highest BCUT2D eigenvalue weighted by Crippen LogP contribution is 2.25. The molecule has 0 saturated carbocycles. The molecule has 0 unspecified atom stereocenters. The van der Waals surface area contributed by atoms with Crippen LogP contribution >= 0.6 is 27.5 Å². The first-order valence-corrected chi connectivity index (χ1v) is 8.09. The third kappa shape index (κ3) is 3.12. The molecule has 3 nitrogen and oxygen atoms in total. The quantitative estimate of drug-likeness (QED) is 0.666. The van der Waals surface area contributed by atoms with Gasteiger partial charge in [0.15, 0.2) is 0 Å². The highest BCUT2D eigenvalue weighted by Gasteiger charge is 2.19.